The van der Waals surface area contributed by atoms with Gasteiger partial charge in [-0.25, -0.2) is 4.79 Å². The zero-order valence-corrected chi connectivity index (χ0v) is 13.3. The van der Waals surface area contributed by atoms with Gasteiger partial charge in [0.05, 0.1) is 29.8 Å². The topological polar surface area (TPSA) is 88.2 Å². The van der Waals surface area contributed by atoms with Gasteiger partial charge in [0.25, 0.3) is 5.91 Å². The largest absolute Gasteiger partial charge is 0.327 e. The van der Waals surface area contributed by atoms with E-state index in [4.69, 9.17) is 10.5 Å². The number of nitriles is 2. The van der Waals surface area contributed by atoms with Crippen molar-refractivity contribution in [2.75, 3.05) is 6.54 Å². The van der Waals surface area contributed by atoms with Crippen molar-refractivity contribution in [1.29, 1.82) is 10.5 Å². The van der Waals surface area contributed by atoms with Gasteiger partial charge in [0, 0.05) is 6.54 Å². The van der Waals surface area contributed by atoms with Crippen molar-refractivity contribution in [3.8, 4) is 12.1 Å². The number of benzene rings is 2. The lowest BCUT2D eigenvalue weighted by molar-refractivity contribution is -0.125. The molecule has 0 atom stereocenters. The summed E-state index contributed by atoms with van der Waals surface area (Å²) in [7, 11) is 0. The first-order chi connectivity index (χ1) is 12.1. The Kier molecular flexibility index (Phi) is 4.45. The molecule has 2 aromatic carbocycles. The van der Waals surface area contributed by atoms with Crippen LogP contribution in [-0.4, -0.2) is 28.3 Å². The zero-order valence-electron chi connectivity index (χ0n) is 13.3. The molecule has 0 saturated carbocycles. The number of hydrogen-bond donors (Lipinski definition) is 0. The molecule has 6 nitrogen and oxygen atoms in total. The first-order valence-corrected chi connectivity index (χ1v) is 7.68. The Bertz CT molecular complexity index is 906. The summed E-state index contributed by atoms with van der Waals surface area (Å²) in [5.41, 5.74) is 2.51. The molecule has 0 unspecified atom stereocenters. The van der Waals surface area contributed by atoms with E-state index in [2.05, 4.69) is 6.07 Å². The van der Waals surface area contributed by atoms with Crippen molar-refractivity contribution in [3.05, 3.63) is 70.8 Å². The van der Waals surface area contributed by atoms with Crippen LogP contribution in [0.1, 0.15) is 22.3 Å². The van der Waals surface area contributed by atoms with E-state index in [-0.39, 0.29) is 31.6 Å². The fourth-order valence-corrected chi connectivity index (χ4v) is 2.71. The van der Waals surface area contributed by atoms with Crippen molar-refractivity contribution in [2.24, 2.45) is 0 Å². The van der Waals surface area contributed by atoms with E-state index in [1.807, 2.05) is 6.07 Å². The molecule has 122 valence electrons. The molecule has 2 aromatic rings. The second-order valence-electron chi connectivity index (χ2n) is 5.70. The summed E-state index contributed by atoms with van der Waals surface area (Å²) in [6, 6.07) is 17.5. The maximum absolute atomic E-state index is 12.5. The highest BCUT2D eigenvalue weighted by Crippen LogP contribution is 2.19. The van der Waals surface area contributed by atoms with E-state index >= 15 is 0 Å². The average molecular weight is 330 g/mol. The van der Waals surface area contributed by atoms with Crippen molar-refractivity contribution in [2.45, 2.75) is 13.1 Å². The Morgan fingerprint density at radius 3 is 2.32 bits per heavy atom. The Hall–Kier alpha value is -3.64. The highest BCUT2D eigenvalue weighted by Gasteiger charge is 2.36. The third-order valence-corrected chi connectivity index (χ3v) is 4.05. The van der Waals surface area contributed by atoms with Crippen molar-refractivity contribution >= 4 is 11.9 Å². The van der Waals surface area contributed by atoms with Gasteiger partial charge in [0.15, 0.2) is 0 Å². The third kappa shape index (κ3) is 3.34. The van der Waals surface area contributed by atoms with Gasteiger partial charge in [-0.1, -0.05) is 30.3 Å². The molecule has 1 saturated heterocycles. The molecule has 0 aliphatic carbocycles. The summed E-state index contributed by atoms with van der Waals surface area (Å²) in [6.07, 6.45) is 0. The molecular formula is C19H14N4O2. The summed E-state index contributed by atoms with van der Waals surface area (Å²) in [6.45, 7) is 0.382. The normalized spacial score (nSPS) is 13.7. The lowest BCUT2D eigenvalue weighted by Crippen LogP contribution is -2.32. The SMILES string of the molecule is N#Cc1ccc(CN2C(=O)CN(Cc3ccccc3C#N)C2=O)cc1. The lowest BCUT2D eigenvalue weighted by Gasteiger charge is -2.17. The van der Waals surface area contributed by atoms with E-state index < -0.39 is 0 Å². The van der Waals surface area contributed by atoms with Crippen LogP contribution >= 0.6 is 0 Å². The maximum Gasteiger partial charge on any atom is 0.327 e. The Morgan fingerprint density at radius 1 is 0.920 bits per heavy atom. The monoisotopic (exact) mass is 330 g/mol. The van der Waals surface area contributed by atoms with Gasteiger partial charge in [0.2, 0.25) is 0 Å². The van der Waals surface area contributed by atoms with E-state index in [0.29, 0.717) is 16.7 Å². The summed E-state index contributed by atoms with van der Waals surface area (Å²) in [4.78, 5) is 27.4. The van der Waals surface area contributed by atoms with Gasteiger partial charge in [-0.2, -0.15) is 10.5 Å². The molecule has 0 radical (unpaired) electrons. The van der Waals surface area contributed by atoms with Gasteiger partial charge >= 0.3 is 6.03 Å². The molecule has 0 spiro atoms. The van der Waals surface area contributed by atoms with E-state index in [0.717, 1.165) is 5.56 Å². The van der Waals surface area contributed by atoms with Crippen molar-refractivity contribution in [3.63, 3.8) is 0 Å². The highest BCUT2D eigenvalue weighted by molar-refractivity contribution is 6.01. The van der Waals surface area contributed by atoms with Gasteiger partial charge in [-0.15, -0.1) is 0 Å². The van der Waals surface area contributed by atoms with Crippen LogP contribution in [0.25, 0.3) is 0 Å². The quantitative estimate of drug-likeness (QED) is 0.805. The van der Waals surface area contributed by atoms with Gasteiger partial charge in [0.1, 0.15) is 6.54 Å². The summed E-state index contributed by atoms with van der Waals surface area (Å²) in [5, 5.41) is 18.0. The van der Waals surface area contributed by atoms with Crippen LogP contribution in [0, 0.1) is 22.7 Å². The second kappa shape index (κ2) is 6.86. The van der Waals surface area contributed by atoms with Crippen LogP contribution in [0.15, 0.2) is 48.5 Å². The van der Waals surface area contributed by atoms with Crippen molar-refractivity contribution in [1.82, 2.24) is 9.80 Å². The summed E-state index contributed by atoms with van der Waals surface area (Å²) in [5.74, 6) is -0.274. The highest BCUT2D eigenvalue weighted by atomic mass is 16.2. The third-order valence-electron chi connectivity index (χ3n) is 4.05. The Morgan fingerprint density at radius 2 is 1.64 bits per heavy atom. The van der Waals surface area contributed by atoms with Crippen LogP contribution in [0.3, 0.4) is 0 Å². The first-order valence-electron chi connectivity index (χ1n) is 7.68. The molecule has 6 heteroatoms. The molecule has 0 bridgehead atoms. The second-order valence-corrected chi connectivity index (χ2v) is 5.70. The molecule has 1 fully saturated rings. The number of amides is 3. The van der Waals surface area contributed by atoms with E-state index in [1.165, 1.54) is 9.80 Å². The minimum absolute atomic E-state index is 0.00508. The Balaban J connectivity index is 1.73. The van der Waals surface area contributed by atoms with Crippen LogP contribution in [-0.2, 0) is 17.9 Å². The number of hydrogen-bond acceptors (Lipinski definition) is 4. The maximum atomic E-state index is 12.5. The number of carbonyl (C=O) groups is 2. The molecule has 1 heterocycles. The van der Waals surface area contributed by atoms with Crippen LogP contribution < -0.4 is 0 Å². The number of urea groups is 1. The molecule has 1 aliphatic rings. The molecule has 25 heavy (non-hydrogen) atoms. The number of imide groups is 1. The Labute approximate surface area is 145 Å². The lowest BCUT2D eigenvalue weighted by atomic mass is 10.1. The minimum atomic E-state index is -0.373. The van der Waals surface area contributed by atoms with Crippen molar-refractivity contribution < 1.29 is 9.59 Å². The van der Waals surface area contributed by atoms with Crippen LogP contribution in [0.2, 0.25) is 0 Å². The molecule has 1 aliphatic heterocycles. The average Bonchev–Trinajstić information content (AvgIpc) is 2.90. The predicted octanol–water partition coefficient (Wildman–Crippen LogP) is 2.39. The number of rotatable bonds is 4. The van der Waals surface area contributed by atoms with Gasteiger partial charge in [-0.05, 0) is 29.3 Å². The smallest absolute Gasteiger partial charge is 0.311 e. The molecule has 3 amide bonds. The van der Waals surface area contributed by atoms with Gasteiger partial charge < -0.3 is 4.90 Å². The predicted molar refractivity (Wildman–Crippen MR) is 88.7 cm³/mol. The summed E-state index contributed by atoms with van der Waals surface area (Å²) < 4.78 is 0. The van der Waals surface area contributed by atoms with Gasteiger partial charge in [-0.3, -0.25) is 9.69 Å². The van der Waals surface area contributed by atoms with E-state index in [9.17, 15) is 9.59 Å². The zero-order chi connectivity index (χ0) is 17.8. The van der Waals surface area contributed by atoms with E-state index in [1.54, 1.807) is 48.5 Å². The number of nitrogens with zero attached hydrogens (tertiary/aromatic N) is 4. The summed E-state index contributed by atoms with van der Waals surface area (Å²) >= 11 is 0. The standard InChI is InChI=1S/C19H14N4O2/c20-9-14-5-7-15(8-6-14)11-23-18(24)13-22(19(23)25)12-17-4-2-1-3-16(17)10-21/h1-8H,11-13H2. The first kappa shape index (κ1) is 16.2. The molecule has 3 rings (SSSR count). The minimum Gasteiger partial charge on any atom is -0.311 e. The fourth-order valence-electron chi connectivity index (χ4n) is 2.71. The molecule has 0 aromatic heterocycles. The number of carbonyl (C=O) groups excluding carboxylic acids is 2. The molecule has 0 N–H and O–H groups in total. The van der Waals surface area contributed by atoms with Crippen LogP contribution in [0.5, 0.6) is 0 Å². The fraction of sp³-hybridized carbons (Fsp3) is 0.158. The van der Waals surface area contributed by atoms with Crippen LogP contribution in [0.4, 0.5) is 4.79 Å². The molecular weight excluding hydrogens is 316 g/mol.